The van der Waals surface area contributed by atoms with E-state index in [9.17, 15) is 14.7 Å². The monoisotopic (exact) mass is 565 g/mol. The van der Waals surface area contributed by atoms with Crippen LogP contribution in [0.5, 0.6) is 11.5 Å². The molecule has 1 aromatic heterocycles. The summed E-state index contributed by atoms with van der Waals surface area (Å²) < 4.78 is 17.4. The van der Waals surface area contributed by atoms with E-state index in [1.165, 1.54) is 11.2 Å². The number of furan rings is 1. The zero-order valence-electron chi connectivity index (χ0n) is 24.3. The molecule has 1 aliphatic heterocycles. The summed E-state index contributed by atoms with van der Waals surface area (Å²) in [5.74, 6) is 0.0935. The van der Waals surface area contributed by atoms with Crippen LogP contribution in [0.2, 0.25) is 0 Å². The van der Waals surface area contributed by atoms with E-state index in [0.717, 1.165) is 11.1 Å². The normalized spacial score (nSPS) is 16.6. The highest BCUT2D eigenvalue weighted by Gasteiger charge is 2.46. The molecule has 0 saturated carbocycles. The minimum absolute atomic E-state index is 0.00999. The van der Waals surface area contributed by atoms with Gasteiger partial charge in [-0.3, -0.25) is 9.59 Å². The molecule has 0 aliphatic carbocycles. The summed E-state index contributed by atoms with van der Waals surface area (Å²) in [6.45, 7) is 8.99. The summed E-state index contributed by atoms with van der Waals surface area (Å²) in [4.78, 5) is 28.5. The molecule has 1 aliphatic rings. The van der Waals surface area contributed by atoms with Gasteiger partial charge in [0.2, 0.25) is 0 Å². The number of carbonyl (C=O) groups excluding carboxylic acids is 2. The van der Waals surface area contributed by atoms with E-state index in [1.54, 1.807) is 30.3 Å². The van der Waals surface area contributed by atoms with Gasteiger partial charge in [-0.1, -0.05) is 63.2 Å². The number of carbonyl (C=O) groups is 2. The number of ether oxygens (including phenoxy) is 2. The van der Waals surface area contributed by atoms with Crippen LogP contribution in [0.4, 0.5) is 0 Å². The van der Waals surface area contributed by atoms with Gasteiger partial charge in [-0.05, 0) is 65.9 Å². The molecule has 0 spiro atoms. The molecule has 216 valence electrons. The predicted octanol–water partition coefficient (Wildman–Crippen LogP) is 7.18. The minimum atomic E-state index is -0.861. The van der Waals surface area contributed by atoms with E-state index in [1.807, 2.05) is 61.5 Å². The van der Waals surface area contributed by atoms with E-state index < -0.39 is 17.7 Å². The Hall–Kier alpha value is -4.78. The highest BCUT2D eigenvalue weighted by molar-refractivity contribution is 6.46. The first-order chi connectivity index (χ1) is 20.2. The number of amides is 1. The molecule has 0 bridgehead atoms. The summed E-state index contributed by atoms with van der Waals surface area (Å²) in [6, 6.07) is 25.0. The van der Waals surface area contributed by atoms with Crippen molar-refractivity contribution in [3.05, 3.63) is 125 Å². The van der Waals surface area contributed by atoms with Crippen molar-refractivity contribution < 1.29 is 28.6 Å². The molecule has 3 aromatic carbocycles. The van der Waals surface area contributed by atoms with Crippen molar-refractivity contribution in [2.75, 3.05) is 6.61 Å². The van der Waals surface area contributed by atoms with Crippen LogP contribution >= 0.6 is 0 Å². The maximum absolute atomic E-state index is 13.6. The van der Waals surface area contributed by atoms with E-state index >= 15 is 0 Å². The molecule has 1 fully saturated rings. The Morgan fingerprint density at radius 2 is 1.71 bits per heavy atom. The highest BCUT2D eigenvalue weighted by Crippen LogP contribution is 2.42. The number of aliphatic hydroxyl groups excluding tert-OH is 1. The lowest BCUT2D eigenvalue weighted by Gasteiger charge is -2.26. The molecule has 0 radical (unpaired) electrons. The number of likely N-dealkylation sites (tertiary alicyclic amines) is 1. The Kier molecular flexibility index (Phi) is 8.20. The Bertz CT molecular complexity index is 1600. The van der Waals surface area contributed by atoms with Gasteiger partial charge in [0.1, 0.15) is 29.6 Å². The Labute approximate surface area is 246 Å². The lowest BCUT2D eigenvalue weighted by atomic mass is 9.84. The van der Waals surface area contributed by atoms with Gasteiger partial charge in [-0.15, -0.1) is 0 Å². The van der Waals surface area contributed by atoms with Crippen LogP contribution in [0.15, 0.2) is 101 Å². The van der Waals surface area contributed by atoms with E-state index in [4.69, 9.17) is 13.9 Å². The minimum Gasteiger partial charge on any atom is -0.507 e. The van der Waals surface area contributed by atoms with Crippen LogP contribution in [0.1, 0.15) is 61.8 Å². The van der Waals surface area contributed by atoms with E-state index in [0.29, 0.717) is 41.6 Å². The molecule has 1 saturated heterocycles. The third-order valence-corrected chi connectivity index (χ3v) is 7.23. The third-order valence-electron chi connectivity index (χ3n) is 7.23. The molecule has 42 heavy (non-hydrogen) atoms. The quantitative estimate of drug-likeness (QED) is 0.131. The van der Waals surface area contributed by atoms with Crippen LogP contribution in [0.3, 0.4) is 0 Å². The molecule has 5 rings (SSSR count). The topological polar surface area (TPSA) is 89.2 Å². The van der Waals surface area contributed by atoms with E-state index in [2.05, 4.69) is 20.8 Å². The number of rotatable bonds is 9. The number of benzene rings is 3. The summed E-state index contributed by atoms with van der Waals surface area (Å²) in [7, 11) is 0. The molecule has 1 N–H and O–H groups in total. The van der Waals surface area contributed by atoms with Crippen molar-refractivity contribution in [1.82, 2.24) is 4.90 Å². The Morgan fingerprint density at radius 3 is 2.40 bits per heavy atom. The number of hydrogen-bond acceptors (Lipinski definition) is 6. The van der Waals surface area contributed by atoms with Gasteiger partial charge in [0.15, 0.2) is 0 Å². The number of aliphatic hydroxyl groups is 1. The van der Waals surface area contributed by atoms with Gasteiger partial charge in [0.05, 0.1) is 31.0 Å². The molecule has 7 nitrogen and oxygen atoms in total. The number of hydrogen-bond donors (Lipinski definition) is 1. The van der Waals surface area contributed by atoms with E-state index in [-0.39, 0.29) is 23.3 Å². The smallest absolute Gasteiger partial charge is 0.296 e. The third kappa shape index (κ3) is 5.96. The standard InChI is InChI=1S/C35H35NO6/c1-5-40-29-17-16-25(20-28(29)35(2,3)4)32(37)30-31(36(34(39)33(30)38)21-27-15-10-18-41-27)24-13-9-14-26(19-24)42-22-23-11-7-6-8-12-23/h6-20,31,37H,5,21-22H2,1-4H3/b32-30+. The highest BCUT2D eigenvalue weighted by atomic mass is 16.5. The predicted molar refractivity (Wildman–Crippen MR) is 160 cm³/mol. The second kappa shape index (κ2) is 12.0. The zero-order chi connectivity index (χ0) is 29.9. The van der Waals surface area contributed by atoms with Crippen molar-refractivity contribution in [3.8, 4) is 11.5 Å². The maximum Gasteiger partial charge on any atom is 0.296 e. The first kappa shape index (κ1) is 28.7. The molecule has 7 heteroatoms. The lowest BCUT2D eigenvalue weighted by Crippen LogP contribution is -2.29. The van der Waals surface area contributed by atoms with Crippen LogP contribution in [-0.2, 0) is 28.2 Å². The van der Waals surface area contributed by atoms with Gasteiger partial charge in [0.25, 0.3) is 11.7 Å². The van der Waals surface area contributed by atoms with Gasteiger partial charge < -0.3 is 23.9 Å². The fourth-order valence-corrected chi connectivity index (χ4v) is 5.18. The second-order valence-electron chi connectivity index (χ2n) is 11.2. The van der Waals surface area contributed by atoms with Crippen LogP contribution in [-0.4, -0.2) is 28.3 Å². The first-order valence-corrected chi connectivity index (χ1v) is 14.0. The summed E-state index contributed by atoms with van der Waals surface area (Å²) >= 11 is 0. The second-order valence-corrected chi connectivity index (χ2v) is 11.2. The van der Waals surface area contributed by atoms with Crippen molar-refractivity contribution >= 4 is 17.4 Å². The molecule has 1 atom stereocenters. The first-order valence-electron chi connectivity index (χ1n) is 14.0. The summed E-state index contributed by atoms with van der Waals surface area (Å²) in [5, 5.41) is 11.7. The van der Waals surface area contributed by atoms with Crippen molar-refractivity contribution in [3.63, 3.8) is 0 Å². The van der Waals surface area contributed by atoms with Crippen molar-refractivity contribution in [2.45, 2.75) is 52.3 Å². The van der Waals surface area contributed by atoms with Crippen molar-refractivity contribution in [1.29, 1.82) is 0 Å². The summed E-state index contributed by atoms with van der Waals surface area (Å²) in [6.07, 6.45) is 1.52. The van der Waals surface area contributed by atoms with Gasteiger partial charge in [-0.25, -0.2) is 0 Å². The SMILES string of the molecule is CCOc1ccc(/C(O)=C2\C(=O)C(=O)N(Cc3ccco3)C2c2cccc(OCc3ccccc3)c2)cc1C(C)(C)C. The van der Waals surface area contributed by atoms with Crippen LogP contribution in [0, 0.1) is 0 Å². The number of Topliss-reactive ketones (excluding diaryl/α,β-unsaturated/α-hetero) is 1. The van der Waals surface area contributed by atoms with Crippen LogP contribution < -0.4 is 9.47 Å². The van der Waals surface area contributed by atoms with Gasteiger partial charge in [0, 0.05) is 11.1 Å². The largest absolute Gasteiger partial charge is 0.507 e. The van der Waals surface area contributed by atoms with Crippen molar-refractivity contribution in [2.24, 2.45) is 0 Å². The molecule has 1 amide bonds. The lowest BCUT2D eigenvalue weighted by molar-refractivity contribution is -0.140. The molecule has 2 heterocycles. The van der Waals surface area contributed by atoms with Gasteiger partial charge >= 0.3 is 0 Å². The number of nitrogens with zero attached hydrogens (tertiary/aromatic N) is 1. The maximum atomic E-state index is 13.6. The fourth-order valence-electron chi connectivity index (χ4n) is 5.18. The zero-order valence-corrected chi connectivity index (χ0v) is 24.3. The molecular formula is C35H35NO6. The number of ketones is 1. The average molecular weight is 566 g/mol. The molecule has 1 unspecified atom stereocenters. The molecule has 4 aromatic rings. The average Bonchev–Trinajstić information content (AvgIpc) is 3.59. The molecular weight excluding hydrogens is 530 g/mol. The Balaban J connectivity index is 1.60. The summed E-state index contributed by atoms with van der Waals surface area (Å²) in [5.41, 5.74) is 2.67. The Morgan fingerprint density at radius 1 is 0.929 bits per heavy atom. The fraction of sp³-hybridized carbons (Fsp3) is 0.257. The van der Waals surface area contributed by atoms with Gasteiger partial charge in [-0.2, -0.15) is 0 Å². The van der Waals surface area contributed by atoms with Crippen LogP contribution in [0.25, 0.3) is 5.76 Å².